The van der Waals surface area contributed by atoms with Crippen molar-refractivity contribution in [3.05, 3.63) is 83.7 Å². The number of aryl methyl sites for hydroxylation is 1. The van der Waals surface area contributed by atoms with Crippen LogP contribution >= 0.6 is 0 Å². The van der Waals surface area contributed by atoms with Crippen LogP contribution in [0.15, 0.2) is 66.7 Å². The number of carbonyl (C=O) groups excluding carboxylic acids is 2. The number of amides is 2. The number of fused-ring (bicyclic) bond motifs is 1. The van der Waals surface area contributed by atoms with Crippen LogP contribution in [-0.2, 0) is 11.2 Å². The minimum Gasteiger partial charge on any atom is -0.350 e. The van der Waals surface area contributed by atoms with E-state index in [4.69, 9.17) is 0 Å². The fraction of sp³-hybridized carbons (Fsp3) is 0.320. The molecule has 0 spiro atoms. The van der Waals surface area contributed by atoms with E-state index in [0.29, 0.717) is 17.8 Å². The Balaban J connectivity index is 1.87. The Morgan fingerprint density at radius 1 is 1.03 bits per heavy atom. The minimum absolute atomic E-state index is 0.190. The van der Waals surface area contributed by atoms with E-state index >= 15 is 0 Å². The molecule has 0 fully saturated rings. The van der Waals surface area contributed by atoms with Crippen molar-refractivity contribution in [1.29, 1.82) is 0 Å². The van der Waals surface area contributed by atoms with Gasteiger partial charge in [0.25, 0.3) is 5.91 Å². The maximum absolute atomic E-state index is 13.6. The molecule has 1 aliphatic rings. The Bertz CT molecular complexity index is 1080. The van der Waals surface area contributed by atoms with Gasteiger partial charge in [-0.25, -0.2) is 0 Å². The van der Waals surface area contributed by atoms with E-state index in [2.05, 4.69) is 10.4 Å². The van der Waals surface area contributed by atoms with Crippen molar-refractivity contribution in [3.8, 4) is 0 Å². The van der Waals surface area contributed by atoms with Crippen LogP contribution < -0.4 is 10.2 Å². The smallest absolute Gasteiger partial charge is 0.277 e. The molecule has 6 heteroatoms. The maximum Gasteiger partial charge on any atom is 0.277 e. The Kier molecular flexibility index (Phi) is 5.39. The summed E-state index contributed by atoms with van der Waals surface area (Å²) in [7, 11) is 0. The van der Waals surface area contributed by atoms with Gasteiger partial charge in [-0.3, -0.25) is 19.2 Å². The van der Waals surface area contributed by atoms with Gasteiger partial charge < -0.3 is 5.32 Å². The molecule has 0 saturated heterocycles. The minimum atomic E-state index is -0.735. The number of hydrogen-bond donors (Lipinski definition) is 1. The molecule has 2 heterocycles. The molecule has 0 radical (unpaired) electrons. The summed E-state index contributed by atoms with van der Waals surface area (Å²) in [6, 6.07) is 20.1. The maximum atomic E-state index is 13.6. The van der Waals surface area contributed by atoms with E-state index in [9.17, 15) is 9.59 Å². The Labute approximate surface area is 182 Å². The zero-order valence-electron chi connectivity index (χ0n) is 18.4. The fourth-order valence-corrected chi connectivity index (χ4v) is 4.14. The highest BCUT2D eigenvalue weighted by atomic mass is 16.2. The summed E-state index contributed by atoms with van der Waals surface area (Å²) in [6.07, 6.45) is 0.577. The topological polar surface area (TPSA) is 67.2 Å². The van der Waals surface area contributed by atoms with Crippen LogP contribution in [0.1, 0.15) is 48.6 Å². The zero-order valence-corrected chi connectivity index (χ0v) is 18.4. The second kappa shape index (κ2) is 8.02. The van der Waals surface area contributed by atoms with Crippen LogP contribution in [0.3, 0.4) is 0 Å². The second-order valence-corrected chi connectivity index (χ2v) is 9.07. The van der Waals surface area contributed by atoms with E-state index in [1.54, 1.807) is 15.6 Å². The lowest BCUT2D eigenvalue weighted by atomic mass is 9.93. The molecule has 2 amide bonds. The van der Waals surface area contributed by atoms with Gasteiger partial charge in [0.1, 0.15) is 11.7 Å². The number of nitrogens with one attached hydrogen (secondary N) is 1. The lowest BCUT2D eigenvalue weighted by Crippen LogP contribution is -2.60. The van der Waals surface area contributed by atoms with Crippen molar-refractivity contribution >= 4 is 17.5 Å². The molecule has 2 unspecified atom stereocenters. The Morgan fingerprint density at radius 2 is 1.65 bits per heavy atom. The summed E-state index contributed by atoms with van der Waals surface area (Å²) in [5.41, 5.74) is 2.61. The number of aromatic nitrogens is 2. The molecule has 1 N–H and O–H groups in total. The van der Waals surface area contributed by atoms with Gasteiger partial charge in [-0.15, -0.1) is 0 Å². The molecule has 2 aromatic carbocycles. The third-order valence-corrected chi connectivity index (χ3v) is 5.34. The van der Waals surface area contributed by atoms with Crippen molar-refractivity contribution in [3.63, 3.8) is 0 Å². The first-order valence-electron chi connectivity index (χ1n) is 10.6. The molecule has 2 atom stereocenters. The van der Waals surface area contributed by atoms with Crippen LogP contribution in [-0.4, -0.2) is 33.2 Å². The van der Waals surface area contributed by atoms with Crippen LogP contribution in [0.5, 0.6) is 0 Å². The molecule has 3 aromatic rings. The van der Waals surface area contributed by atoms with Crippen molar-refractivity contribution in [2.75, 3.05) is 4.90 Å². The summed E-state index contributed by atoms with van der Waals surface area (Å²) in [5, 5.41) is 7.71. The highest BCUT2D eigenvalue weighted by Crippen LogP contribution is 2.34. The predicted molar refractivity (Wildman–Crippen MR) is 121 cm³/mol. The van der Waals surface area contributed by atoms with Gasteiger partial charge in [0.15, 0.2) is 0 Å². The first-order valence-corrected chi connectivity index (χ1v) is 10.6. The van der Waals surface area contributed by atoms with Gasteiger partial charge >= 0.3 is 0 Å². The second-order valence-electron chi connectivity index (χ2n) is 9.07. The van der Waals surface area contributed by atoms with E-state index < -0.39 is 11.6 Å². The predicted octanol–water partition coefficient (Wildman–Crippen LogP) is 3.92. The Morgan fingerprint density at radius 3 is 2.26 bits per heavy atom. The monoisotopic (exact) mass is 416 g/mol. The van der Waals surface area contributed by atoms with Gasteiger partial charge in [0, 0.05) is 11.2 Å². The summed E-state index contributed by atoms with van der Waals surface area (Å²) in [4.78, 5) is 28.8. The lowest BCUT2D eigenvalue weighted by Gasteiger charge is -2.41. The van der Waals surface area contributed by atoms with Gasteiger partial charge in [-0.05, 0) is 57.9 Å². The van der Waals surface area contributed by atoms with Crippen molar-refractivity contribution in [2.24, 2.45) is 0 Å². The third kappa shape index (κ3) is 4.24. The van der Waals surface area contributed by atoms with Crippen LogP contribution in [0.4, 0.5) is 5.69 Å². The van der Waals surface area contributed by atoms with Crippen molar-refractivity contribution in [1.82, 2.24) is 15.1 Å². The van der Waals surface area contributed by atoms with Gasteiger partial charge in [-0.1, -0.05) is 48.5 Å². The highest BCUT2D eigenvalue weighted by molar-refractivity contribution is 6.10. The van der Waals surface area contributed by atoms with Gasteiger partial charge in [0.2, 0.25) is 5.91 Å². The number of anilines is 1. The summed E-state index contributed by atoms with van der Waals surface area (Å²) < 4.78 is 1.75. The standard InChI is InChI=1S/C25H28N4O2/c1-17-15-21-24(31)28(19-13-9-6-10-14-19)22(23(30)26-25(2,3)4)20(29(21)27-17)16-18-11-7-5-8-12-18/h5-15,20,22H,16H2,1-4H3,(H,26,30). The molecular formula is C25H28N4O2. The zero-order chi connectivity index (χ0) is 22.2. The first kappa shape index (κ1) is 20.8. The Hall–Kier alpha value is -3.41. The first-order chi connectivity index (χ1) is 14.7. The molecule has 6 nitrogen and oxygen atoms in total. The number of para-hydroxylation sites is 1. The average molecular weight is 417 g/mol. The SMILES string of the molecule is Cc1cc2n(n1)C(Cc1ccccc1)C(C(=O)NC(C)(C)C)N(c1ccccc1)C2=O. The molecular weight excluding hydrogens is 388 g/mol. The molecule has 31 heavy (non-hydrogen) atoms. The molecule has 1 aliphatic heterocycles. The summed E-state index contributed by atoms with van der Waals surface area (Å²) >= 11 is 0. The number of carbonyl (C=O) groups is 2. The number of rotatable bonds is 4. The quantitative estimate of drug-likeness (QED) is 0.701. The number of benzene rings is 2. The van der Waals surface area contributed by atoms with Crippen molar-refractivity contribution in [2.45, 2.75) is 51.7 Å². The molecule has 4 rings (SSSR count). The highest BCUT2D eigenvalue weighted by Gasteiger charge is 2.46. The van der Waals surface area contributed by atoms with E-state index in [-0.39, 0.29) is 17.9 Å². The van der Waals surface area contributed by atoms with Crippen LogP contribution in [0.2, 0.25) is 0 Å². The fourth-order valence-electron chi connectivity index (χ4n) is 4.14. The van der Waals surface area contributed by atoms with E-state index in [0.717, 1.165) is 11.3 Å². The molecule has 0 bridgehead atoms. The van der Waals surface area contributed by atoms with Crippen LogP contribution in [0.25, 0.3) is 0 Å². The third-order valence-electron chi connectivity index (χ3n) is 5.34. The molecule has 0 saturated carbocycles. The molecule has 160 valence electrons. The van der Waals surface area contributed by atoms with E-state index in [1.165, 1.54) is 0 Å². The number of hydrogen-bond acceptors (Lipinski definition) is 3. The largest absolute Gasteiger partial charge is 0.350 e. The summed E-state index contributed by atoms with van der Waals surface area (Å²) in [6.45, 7) is 7.70. The van der Waals surface area contributed by atoms with Gasteiger partial charge in [-0.2, -0.15) is 5.10 Å². The number of nitrogens with zero attached hydrogens (tertiary/aromatic N) is 3. The van der Waals surface area contributed by atoms with Crippen molar-refractivity contribution < 1.29 is 9.59 Å². The van der Waals surface area contributed by atoms with E-state index in [1.807, 2.05) is 88.4 Å². The molecule has 0 aliphatic carbocycles. The lowest BCUT2D eigenvalue weighted by molar-refractivity contribution is -0.125. The van der Waals surface area contributed by atoms with Crippen LogP contribution in [0, 0.1) is 6.92 Å². The molecule has 1 aromatic heterocycles. The van der Waals surface area contributed by atoms with Gasteiger partial charge in [0.05, 0.1) is 11.7 Å². The normalized spacial score (nSPS) is 18.6. The summed E-state index contributed by atoms with van der Waals surface area (Å²) in [5.74, 6) is -0.408. The average Bonchev–Trinajstić information content (AvgIpc) is 3.12.